The monoisotopic (exact) mass is 339 g/mol. The first-order chi connectivity index (χ1) is 10.7. The fraction of sp³-hybridized carbons (Fsp3) is 0.471. The Kier molecular flexibility index (Phi) is 7.30. The number of rotatable bonds is 7. The summed E-state index contributed by atoms with van der Waals surface area (Å²) >= 11 is 7.42. The molecule has 5 heteroatoms. The van der Waals surface area contributed by atoms with Crippen molar-refractivity contribution in [3.8, 4) is 0 Å². The maximum absolute atomic E-state index is 12.2. The van der Waals surface area contributed by atoms with E-state index in [1.807, 2.05) is 29.2 Å². The van der Waals surface area contributed by atoms with E-state index < -0.39 is 0 Å². The van der Waals surface area contributed by atoms with Gasteiger partial charge in [0.1, 0.15) is 0 Å². The lowest BCUT2D eigenvalue weighted by atomic mass is 9.98. The summed E-state index contributed by atoms with van der Waals surface area (Å²) in [5.41, 5.74) is 0. The van der Waals surface area contributed by atoms with E-state index in [2.05, 4.69) is 6.58 Å². The summed E-state index contributed by atoms with van der Waals surface area (Å²) in [6.45, 7) is 6.69. The van der Waals surface area contributed by atoms with Crippen LogP contribution < -0.4 is 0 Å². The second-order valence-electron chi connectivity index (χ2n) is 5.39. The minimum atomic E-state index is 0.213. The first-order valence-corrected chi connectivity index (χ1v) is 8.90. The van der Waals surface area contributed by atoms with Gasteiger partial charge in [0.05, 0.1) is 12.4 Å². The van der Waals surface area contributed by atoms with Gasteiger partial charge in [-0.25, -0.2) is 0 Å². The number of amides is 1. The lowest BCUT2D eigenvalue weighted by Crippen LogP contribution is -2.40. The molecule has 1 aliphatic heterocycles. The van der Waals surface area contributed by atoms with Crippen molar-refractivity contribution >= 4 is 29.3 Å². The molecule has 0 bridgehead atoms. The third-order valence-electron chi connectivity index (χ3n) is 3.73. The van der Waals surface area contributed by atoms with Crippen LogP contribution in [0.15, 0.2) is 41.8 Å². The molecule has 0 aromatic heterocycles. The quantitative estimate of drug-likeness (QED) is 0.429. The summed E-state index contributed by atoms with van der Waals surface area (Å²) in [4.78, 5) is 15.3. The van der Waals surface area contributed by atoms with Crippen molar-refractivity contribution in [2.75, 3.05) is 32.1 Å². The molecule has 0 spiro atoms. The minimum Gasteiger partial charge on any atom is -0.377 e. The summed E-state index contributed by atoms with van der Waals surface area (Å²) in [7, 11) is 0. The van der Waals surface area contributed by atoms with Gasteiger partial charge >= 0.3 is 0 Å². The molecule has 120 valence electrons. The molecule has 1 saturated heterocycles. The second-order valence-corrected chi connectivity index (χ2v) is 6.88. The Morgan fingerprint density at radius 2 is 2.05 bits per heavy atom. The third-order valence-corrected chi connectivity index (χ3v) is 4.98. The van der Waals surface area contributed by atoms with Gasteiger partial charge in [-0.2, -0.15) is 0 Å². The number of ether oxygens (including phenoxy) is 1. The average Bonchev–Trinajstić information content (AvgIpc) is 2.55. The average molecular weight is 340 g/mol. The minimum absolute atomic E-state index is 0.213. The van der Waals surface area contributed by atoms with Crippen LogP contribution >= 0.6 is 23.4 Å². The summed E-state index contributed by atoms with van der Waals surface area (Å²) in [6.07, 6.45) is 3.82. The number of thioether (sulfide) groups is 1. The van der Waals surface area contributed by atoms with E-state index in [9.17, 15) is 4.79 Å². The van der Waals surface area contributed by atoms with Gasteiger partial charge in [-0.1, -0.05) is 17.7 Å². The van der Waals surface area contributed by atoms with Crippen LogP contribution in [0.1, 0.15) is 12.8 Å². The van der Waals surface area contributed by atoms with E-state index in [1.54, 1.807) is 17.8 Å². The predicted molar refractivity (Wildman–Crippen MR) is 92.5 cm³/mol. The Morgan fingerprint density at radius 3 is 2.68 bits per heavy atom. The van der Waals surface area contributed by atoms with Gasteiger partial charge < -0.3 is 9.64 Å². The van der Waals surface area contributed by atoms with E-state index in [-0.39, 0.29) is 5.91 Å². The number of carbonyl (C=O) groups excluding carboxylic acids is 1. The molecule has 1 heterocycles. The van der Waals surface area contributed by atoms with E-state index >= 15 is 0 Å². The molecule has 1 aromatic rings. The van der Waals surface area contributed by atoms with Crippen LogP contribution in [-0.4, -0.2) is 42.9 Å². The van der Waals surface area contributed by atoms with Gasteiger partial charge in [0.25, 0.3) is 0 Å². The number of hydrogen-bond donors (Lipinski definition) is 0. The number of piperidine rings is 1. The van der Waals surface area contributed by atoms with Gasteiger partial charge in [-0.05, 0) is 43.0 Å². The van der Waals surface area contributed by atoms with Crippen LogP contribution in [0.4, 0.5) is 0 Å². The molecule has 1 aliphatic rings. The van der Waals surface area contributed by atoms with Crippen molar-refractivity contribution < 1.29 is 9.53 Å². The van der Waals surface area contributed by atoms with Gasteiger partial charge in [0, 0.05) is 29.6 Å². The van der Waals surface area contributed by atoms with E-state index in [4.69, 9.17) is 16.3 Å². The Labute approximate surface area is 141 Å². The molecule has 22 heavy (non-hydrogen) atoms. The highest BCUT2D eigenvalue weighted by molar-refractivity contribution is 8.00. The fourth-order valence-corrected chi connectivity index (χ4v) is 3.36. The highest BCUT2D eigenvalue weighted by Crippen LogP contribution is 2.22. The molecule has 0 unspecified atom stereocenters. The highest BCUT2D eigenvalue weighted by Gasteiger charge is 2.22. The van der Waals surface area contributed by atoms with Gasteiger partial charge in [0.2, 0.25) is 5.91 Å². The Bertz CT molecular complexity index is 484. The van der Waals surface area contributed by atoms with Crippen LogP contribution in [-0.2, 0) is 9.53 Å². The molecule has 0 radical (unpaired) electrons. The Hall–Kier alpha value is -0.970. The standard InChI is InChI=1S/C17H22ClNO2S/c1-2-11-21-12-14-7-9-19(10-8-14)17(20)13-22-16-5-3-15(18)4-6-16/h2-6,14H,1,7-13H2. The molecule has 0 N–H and O–H groups in total. The molecule has 1 amide bonds. The van der Waals surface area contributed by atoms with Crippen LogP contribution in [0.3, 0.4) is 0 Å². The topological polar surface area (TPSA) is 29.5 Å². The van der Waals surface area contributed by atoms with E-state index in [0.717, 1.165) is 42.5 Å². The highest BCUT2D eigenvalue weighted by atomic mass is 35.5. The third kappa shape index (κ3) is 5.67. The molecular formula is C17H22ClNO2S. The van der Waals surface area contributed by atoms with Crippen LogP contribution in [0, 0.1) is 5.92 Å². The molecule has 0 aliphatic carbocycles. The maximum Gasteiger partial charge on any atom is 0.232 e. The SMILES string of the molecule is C=CCOCC1CCN(C(=O)CSc2ccc(Cl)cc2)CC1. The predicted octanol–water partition coefficient (Wildman–Crippen LogP) is 3.87. The lowest BCUT2D eigenvalue weighted by Gasteiger charge is -2.31. The fourth-order valence-electron chi connectivity index (χ4n) is 2.43. The zero-order chi connectivity index (χ0) is 15.8. The second kappa shape index (κ2) is 9.23. The zero-order valence-electron chi connectivity index (χ0n) is 12.7. The first-order valence-electron chi connectivity index (χ1n) is 7.54. The number of hydrogen-bond acceptors (Lipinski definition) is 3. The Morgan fingerprint density at radius 1 is 1.36 bits per heavy atom. The van der Waals surface area contributed by atoms with Crippen LogP contribution in [0.2, 0.25) is 5.02 Å². The maximum atomic E-state index is 12.2. The first kappa shape index (κ1) is 17.4. The number of halogens is 1. The summed E-state index contributed by atoms with van der Waals surface area (Å²) < 4.78 is 5.50. The van der Waals surface area contributed by atoms with Gasteiger partial charge in [0.15, 0.2) is 0 Å². The van der Waals surface area contributed by atoms with Crippen molar-refractivity contribution in [2.24, 2.45) is 5.92 Å². The van der Waals surface area contributed by atoms with E-state index in [1.165, 1.54) is 0 Å². The van der Waals surface area contributed by atoms with Crippen molar-refractivity contribution in [2.45, 2.75) is 17.7 Å². The smallest absolute Gasteiger partial charge is 0.232 e. The molecule has 2 rings (SSSR count). The lowest BCUT2D eigenvalue weighted by molar-refractivity contribution is -0.130. The summed E-state index contributed by atoms with van der Waals surface area (Å²) in [6, 6.07) is 7.60. The van der Waals surface area contributed by atoms with Crippen molar-refractivity contribution in [1.29, 1.82) is 0 Å². The van der Waals surface area contributed by atoms with Crippen LogP contribution in [0.5, 0.6) is 0 Å². The van der Waals surface area contributed by atoms with Gasteiger partial charge in [-0.15, -0.1) is 18.3 Å². The number of carbonyl (C=O) groups is 1. The molecule has 3 nitrogen and oxygen atoms in total. The van der Waals surface area contributed by atoms with Crippen molar-refractivity contribution in [3.05, 3.63) is 41.9 Å². The zero-order valence-corrected chi connectivity index (χ0v) is 14.2. The normalized spacial score (nSPS) is 15.8. The number of benzene rings is 1. The molecule has 0 saturated carbocycles. The summed E-state index contributed by atoms with van der Waals surface area (Å²) in [5.74, 6) is 1.26. The van der Waals surface area contributed by atoms with Gasteiger partial charge in [-0.3, -0.25) is 4.79 Å². The van der Waals surface area contributed by atoms with Crippen molar-refractivity contribution in [3.63, 3.8) is 0 Å². The molecule has 0 atom stereocenters. The molecule has 1 fully saturated rings. The van der Waals surface area contributed by atoms with Crippen LogP contribution in [0.25, 0.3) is 0 Å². The largest absolute Gasteiger partial charge is 0.377 e. The Balaban J connectivity index is 1.68. The van der Waals surface area contributed by atoms with Crippen molar-refractivity contribution in [1.82, 2.24) is 4.90 Å². The molecular weight excluding hydrogens is 318 g/mol. The van der Waals surface area contributed by atoms with E-state index in [0.29, 0.717) is 18.3 Å². The number of nitrogens with zero attached hydrogens (tertiary/aromatic N) is 1. The number of likely N-dealkylation sites (tertiary alicyclic amines) is 1. The summed E-state index contributed by atoms with van der Waals surface area (Å²) in [5, 5.41) is 0.719. The molecule has 1 aromatic carbocycles.